The van der Waals surface area contributed by atoms with Gasteiger partial charge >= 0.3 is 6.18 Å². The highest BCUT2D eigenvalue weighted by molar-refractivity contribution is 5.88. The smallest absolute Gasteiger partial charge is 0.369 e. The van der Waals surface area contributed by atoms with Crippen LogP contribution in [0.5, 0.6) is 0 Å². The Balaban J connectivity index is 2.29. The number of carbonyl (C=O) groups excluding carboxylic acids is 1. The standard InChI is InChI=1S/C25H23F3N2O/c1-3-8-18-9-7-16-30-22(18)21(17-12-14-20(15-13-17)25(26,27)28)24(2,23(29)31)19-10-5-4-6-11-19/h3-7,9-16,21H,1,8H2,2H3,(H2,29,31)/t21-,24?/m1/s1. The first-order valence-electron chi connectivity index (χ1n) is 9.77. The molecule has 160 valence electrons. The lowest BCUT2D eigenvalue weighted by Gasteiger charge is -2.36. The Morgan fingerprint density at radius 2 is 1.68 bits per heavy atom. The van der Waals surface area contributed by atoms with Crippen LogP contribution >= 0.6 is 0 Å². The van der Waals surface area contributed by atoms with Crippen LogP contribution in [-0.2, 0) is 22.8 Å². The molecular formula is C25H23F3N2O. The molecule has 6 heteroatoms. The Morgan fingerprint density at radius 3 is 2.23 bits per heavy atom. The zero-order chi connectivity index (χ0) is 22.6. The van der Waals surface area contributed by atoms with Crippen molar-refractivity contribution in [1.29, 1.82) is 0 Å². The van der Waals surface area contributed by atoms with E-state index in [0.717, 1.165) is 17.7 Å². The number of rotatable bonds is 7. The summed E-state index contributed by atoms with van der Waals surface area (Å²) in [7, 11) is 0. The Labute approximate surface area is 179 Å². The molecule has 3 aromatic rings. The first-order chi connectivity index (χ1) is 14.7. The number of aromatic nitrogens is 1. The molecule has 3 nitrogen and oxygen atoms in total. The monoisotopic (exact) mass is 424 g/mol. The molecule has 2 N–H and O–H groups in total. The lowest BCUT2D eigenvalue weighted by Crippen LogP contribution is -2.44. The summed E-state index contributed by atoms with van der Waals surface area (Å²) in [5, 5.41) is 0. The SMILES string of the molecule is C=CCc1cccnc1[C@@H](c1ccc(C(F)(F)F)cc1)C(C)(C(N)=O)c1ccccc1. The molecule has 0 radical (unpaired) electrons. The molecule has 0 bridgehead atoms. The molecule has 1 unspecified atom stereocenters. The van der Waals surface area contributed by atoms with Gasteiger partial charge in [-0.2, -0.15) is 13.2 Å². The number of amides is 1. The normalized spacial score (nSPS) is 14.5. The van der Waals surface area contributed by atoms with E-state index in [1.807, 2.05) is 12.1 Å². The summed E-state index contributed by atoms with van der Waals surface area (Å²) < 4.78 is 39.4. The van der Waals surface area contributed by atoms with Gasteiger partial charge in [0.25, 0.3) is 0 Å². The van der Waals surface area contributed by atoms with Gasteiger partial charge in [0.15, 0.2) is 0 Å². The van der Waals surface area contributed by atoms with Gasteiger partial charge in [0, 0.05) is 12.1 Å². The maximum absolute atomic E-state index is 13.1. The number of carbonyl (C=O) groups is 1. The van der Waals surface area contributed by atoms with Crippen molar-refractivity contribution < 1.29 is 18.0 Å². The molecule has 0 fully saturated rings. The topological polar surface area (TPSA) is 56.0 Å². The number of halogens is 3. The molecule has 31 heavy (non-hydrogen) atoms. The highest BCUT2D eigenvalue weighted by Crippen LogP contribution is 2.44. The maximum Gasteiger partial charge on any atom is 0.416 e. The Morgan fingerprint density at radius 1 is 1.03 bits per heavy atom. The molecule has 2 aromatic carbocycles. The average molecular weight is 424 g/mol. The molecule has 3 rings (SSSR count). The number of nitrogens with zero attached hydrogens (tertiary/aromatic N) is 1. The molecule has 1 heterocycles. The molecule has 0 spiro atoms. The Kier molecular flexibility index (Phi) is 6.29. The fourth-order valence-corrected chi connectivity index (χ4v) is 3.90. The molecule has 0 aliphatic rings. The summed E-state index contributed by atoms with van der Waals surface area (Å²) in [5.74, 6) is -1.30. The summed E-state index contributed by atoms with van der Waals surface area (Å²) in [6.45, 7) is 5.49. The summed E-state index contributed by atoms with van der Waals surface area (Å²) in [6, 6.07) is 17.5. The maximum atomic E-state index is 13.1. The zero-order valence-electron chi connectivity index (χ0n) is 17.1. The van der Waals surface area contributed by atoms with Crippen molar-refractivity contribution in [3.05, 3.63) is 114 Å². The fourth-order valence-electron chi connectivity index (χ4n) is 3.90. The van der Waals surface area contributed by atoms with Crippen LogP contribution in [0.2, 0.25) is 0 Å². The fraction of sp³-hybridized carbons (Fsp3) is 0.200. The summed E-state index contributed by atoms with van der Waals surface area (Å²) in [6.07, 6.45) is -0.650. The van der Waals surface area contributed by atoms with Crippen LogP contribution in [0.1, 0.15) is 40.8 Å². The van der Waals surface area contributed by atoms with Crippen molar-refractivity contribution in [3.8, 4) is 0 Å². The second-order valence-electron chi connectivity index (χ2n) is 7.53. The van der Waals surface area contributed by atoms with Crippen molar-refractivity contribution in [1.82, 2.24) is 4.98 Å². The van der Waals surface area contributed by atoms with Crippen molar-refractivity contribution in [3.63, 3.8) is 0 Å². The molecule has 1 amide bonds. The van der Waals surface area contributed by atoms with Gasteiger partial charge in [-0.1, -0.05) is 54.6 Å². The number of allylic oxidation sites excluding steroid dienone is 1. The Bertz CT molecular complexity index is 1060. The lowest BCUT2D eigenvalue weighted by atomic mass is 9.66. The predicted molar refractivity (Wildman–Crippen MR) is 114 cm³/mol. The second-order valence-corrected chi connectivity index (χ2v) is 7.53. The summed E-state index contributed by atoms with van der Waals surface area (Å²) >= 11 is 0. The van der Waals surface area contributed by atoms with E-state index in [1.54, 1.807) is 49.5 Å². The molecule has 0 aliphatic heterocycles. The number of pyridine rings is 1. The lowest BCUT2D eigenvalue weighted by molar-refractivity contribution is -0.137. The van der Waals surface area contributed by atoms with E-state index in [-0.39, 0.29) is 0 Å². The molecule has 2 atom stereocenters. The van der Waals surface area contributed by atoms with Crippen molar-refractivity contribution in [2.24, 2.45) is 5.73 Å². The first-order valence-corrected chi connectivity index (χ1v) is 9.77. The summed E-state index contributed by atoms with van der Waals surface area (Å²) in [4.78, 5) is 17.4. The quantitative estimate of drug-likeness (QED) is 0.516. The average Bonchev–Trinajstić information content (AvgIpc) is 2.75. The van der Waals surface area contributed by atoms with Gasteiger partial charge in [-0.25, -0.2) is 0 Å². The number of alkyl halides is 3. The number of hydrogen-bond donors (Lipinski definition) is 1. The molecule has 0 aliphatic carbocycles. The second kappa shape index (κ2) is 8.76. The van der Waals surface area contributed by atoms with Crippen LogP contribution < -0.4 is 5.73 Å². The van der Waals surface area contributed by atoms with Crippen molar-refractivity contribution in [2.75, 3.05) is 0 Å². The predicted octanol–water partition coefficient (Wildman–Crippen LogP) is 5.40. The number of primary amides is 1. The summed E-state index contributed by atoms with van der Waals surface area (Å²) in [5.41, 5.74) is 6.49. The number of benzene rings is 2. The van der Waals surface area contributed by atoms with Gasteiger partial charge in [-0.15, -0.1) is 6.58 Å². The van der Waals surface area contributed by atoms with Crippen LogP contribution in [-0.4, -0.2) is 10.9 Å². The van der Waals surface area contributed by atoms with E-state index < -0.39 is 29.0 Å². The largest absolute Gasteiger partial charge is 0.416 e. The number of nitrogens with two attached hydrogens (primary N) is 1. The van der Waals surface area contributed by atoms with E-state index in [0.29, 0.717) is 23.2 Å². The van der Waals surface area contributed by atoms with E-state index in [4.69, 9.17) is 5.73 Å². The van der Waals surface area contributed by atoms with Gasteiger partial charge in [0.1, 0.15) is 0 Å². The minimum Gasteiger partial charge on any atom is -0.369 e. The highest BCUT2D eigenvalue weighted by Gasteiger charge is 2.45. The van der Waals surface area contributed by atoms with Gasteiger partial charge < -0.3 is 5.73 Å². The third-order valence-corrected chi connectivity index (χ3v) is 5.60. The molecule has 1 aromatic heterocycles. The van der Waals surface area contributed by atoms with Crippen LogP contribution in [0, 0.1) is 0 Å². The first kappa shape index (κ1) is 22.3. The van der Waals surface area contributed by atoms with Gasteiger partial charge in [-0.05, 0) is 48.2 Å². The van der Waals surface area contributed by atoms with E-state index in [2.05, 4.69) is 11.6 Å². The van der Waals surface area contributed by atoms with Crippen molar-refractivity contribution in [2.45, 2.75) is 30.9 Å². The van der Waals surface area contributed by atoms with E-state index in [9.17, 15) is 18.0 Å². The van der Waals surface area contributed by atoms with E-state index >= 15 is 0 Å². The minimum absolute atomic E-state index is 0.490. The van der Waals surface area contributed by atoms with Gasteiger partial charge in [0.2, 0.25) is 5.91 Å². The van der Waals surface area contributed by atoms with Gasteiger partial charge in [0.05, 0.1) is 16.7 Å². The highest BCUT2D eigenvalue weighted by atomic mass is 19.4. The molecular weight excluding hydrogens is 401 g/mol. The Hall–Kier alpha value is -3.41. The molecule has 0 saturated heterocycles. The van der Waals surface area contributed by atoms with Crippen LogP contribution in [0.25, 0.3) is 0 Å². The zero-order valence-corrected chi connectivity index (χ0v) is 17.1. The van der Waals surface area contributed by atoms with E-state index in [1.165, 1.54) is 12.1 Å². The van der Waals surface area contributed by atoms with Crippen LogP contribution in [0.4, 0.5) is 13.2 Å². The molecule has 0 saturated carbocycles. The minimum atomic E-state index is -4.46. The third kappa shape index (κ3) is 4.38. The number of hydrogen-bond acceptors (Lipinski definition) is 2. The van der Waals surface area contributed by atoms with Crippen LogP contribution in [0.15, 0.2) is 85.6 Å². The van der Waals surface area contributed by atoms with Gasteiger partial charge in [-0.3, -0.25) is 9.78 Å². The van der Waals surface area contributed by atoms with Crippen molar-refractivity contribution >= 4 is 5.91 Å². The van der Waals surface area contributed by atoms with Crippen LogP contribution in [0.3, 0.4) is 0 Å². The third-order valence-electron chi connectivity index (χ3n) is 5.60.